The van der Waals surface area contributed by atoms with Crippen LogP contribution >= 0.6 is 0 Å². The highest BCUT2D eigenvalue weighted by atomic mass is 16.5. The maximum absolute atomic E-state index is 12.9. The van der Waals surface area contributed by atoms with Gasteiger partial charge in [-0.05, 0) is 24.0 Å². The number of rotatable bonds is 4. The van der Waals surface area contributed by atoms with Gasteiger partial charge in [0.25, 0.3) is 0 Å². The van der Waals surface area contributed by atoms with Gasteiger partial charge in [-0.1, -0.05) is 32.0 Å². The molecule has 0 unspecified atom stereocenters. The van der Waals surface area contributed by atoms with Crippen LogP contribution in [-0.4, -0.2) is 73.3 Å². The van der Waals surface area contributed by atoms with Gasteiger partial charge in [-0.3, -0.25) is 4.79 Å². The van der Waals surface area contributed by atoms with Gasteiger partial charge < -0.3 is 24.6 Å². The summed E-state index contributed by atoms with van der Waals surface area (Å²) in [5, 5.41) is 3.06. The summed E-state index contributed by atoms with van der Waals surface area (Å²) in [6, 6.07) is 8.22. The minimum absolute atomic E-state index is 0.102. The lowest BCUT2D eigenvalue weighted by atomic mass is 9.76. The number of hydrogen-bond acceptors (Lipinski definition) is 4. The minimum Gasteiger partial charge on any atom is -0.487 e. The van der Waals surface area contributed by atoms with Gasteiger partial charge in [-0.25, -0.2) is 4.79 Å². The summed E-state index contributed by atoms with van der Waals surface area (Å²) < 4.78 is 11.9. The largest absolute Gasteiger partial charge is 0.487 e. The number of fused-ring (bicyclic) bond motifs is 1. The van der Waals surface area contributed by atoms with E-state index in [-0.39, 0.29) is 23.5 Å². The Kier molecular flexibility index (Phi) is 6.70. The molecule has 7 heteroatoms. The van der Waals surface area contributed by atoms with Crippen LogP contribution in [0.25, 0.3) is 0 Å². The third-order valence-electron chi connectivity index (χ3n) is 6.67. The topological polar surface area (TPSA) is 71.1 Å². The van der Waals surface area contributed by atoms with Crippen LogP contribution in [-0.2, 0) is 9.53 Å². The highest BCUT2D eigenvalue weighted by molar-refractivity contribution is 5.77. The number of carbonyl (C=O) groups is 2. The van der Waals surface area contributed by atoms with Crippen molar-refractivity contribution in [2.75, 3.05) is 45.9 Å². The summed E-state index contributed by atoms with van der Waals surface area (Å²) in [4.78, 5) is 29.3. The minimum atomic E-state index is -0.306. The molecule has 3 amide bonds. The first-order valence-electron chi connectivity index (χ1n) is 11.6. The normalized spacial score (nSPS) is 22.7. The maximum Gasteiger partial charge on any atom is 0.320 e. The molecule has 1 atom stereocenters. The van der Waals surface area contributed by atoms with E-state index < -0.39 is 0 Å². The van der Waals surface area contributed by atoms with E-state index in [1.807, 2.05) is 28.0 Å². The molecule has 3 aliphatic heterocycles. The Morgan fingerprint density at radius 1 is 1.10 bits per heavy atom. The zero-order valence-corrected chi connectivity index (χ0v) is 18.8. The SMILES string of the molecule is CC(C)CNC(=O)C[C@@H]1CC2(CCN(C(=O)N3CCOCC3)CC2)Oc2ccccc21. The Hall–Kier alpha value is -2.28. The van der Waals surface area contributed by atoms with Crippen molar-refractivity contribution in [2.24, 2.45) is 5.92 Å². The van der Waals surface area contributed by atoms with Crippen LogP contribution in [0.15, 0.2) is 24.3 Å². The highest BCUT2D eigenvalue weighted by Gasteiger charge is 2.44. The highest BCUT2D eigenvalue weighted by Crippen LogP contribution is 2.46. The maximum atomic E-state index is 12.9. The van der Waals surface area contributed by atoms with Gasteiger partial charge in [-0.15, -0.1) is 0 Å². The van der Waals surface area contributed by atoms with Crippen molar-refractivity contribution in [1.29, 1.82) is 0 Å². The summed E-state index contributed by atoms with van der Waals surface area (Å²) in [6.45, 7) is 8.84. The van der Waals surface area contributed by atoms with Crippen LogP contribution < -0.4 is 10.1 Å². The molecule has 2 saturated heterocycles. The van der Waals surface area contributed by atoms with Crippen molar-refractivity contribution < 1.29 is 19.1 Å². The fourth-order valence-corrected chi connectivity index (χ4v) is 4.91. The standard InChI is InChI=1S/C24H35N3O4/c1-18(2)17-25-22(28)15-19-16-24(31-21-6-4-3-5-20(19)21)7-9-26(10-8-24)23(29)27-11-13-30-14-12-27/h3-6,18-19H,7-17H2,1-2H3,(H,25,28)/t19-/m1/s1. The average molecular weight is 430 g/mol. The van der Waals surface area contributed by atoms with E-state index in [2.05, 4.69) is 25.2 Å². The lowest BCUT2D eigenvalue weighted by Crippen LogP contribution is -2.55. The third-order valence-corrected chi connectivity index (χ3v) is 6.67. The molecule has 0 aliphatic carbocycles. The molecule has 0 saturated carbocycles. The number of carbonyl (C=O) groups excluding carboxylic acids is 2. The van der Waals surface area contributed by atoms with Crippen LogP contribution in [0.4, 0.5) is 4.79 Å². The predicted molar refractivity (Wildman–Crippen MR) is 118 cm³/mol. The molecule has 31 heavy (non-hydrogen) atoms. The number of hydrogen-bond donors (Lipinski definition) is 1. The Morgan fingerprint density at radius 3 is 2.48 bits per heavy atom. The summed E-state index contributed by atoms with van der Waals surface area (Å²) in [7, 11) is 0. The van der Waals surface area contributed by atoms with Crippen molar-refractivity contribution in [1.82, 2.24) is 15.1 Å². The van der Waals surface area contributed by atoms with Crippen molar-refractivity contribution in [3.8, 4) is 5.75 Å². The fraction of sp³-hybridized carbons (Fsp3) is 0.667. The number of ether oxygens (including phenoxy) is 2. The number of benzene rings is 1. The predicted octanol–water partition coefficient (Wildman–Crippen LogP) is 3.00. The van der Waals surface area contributed by atoms with Crippen molar-refractivity contribution >= 4 is 11.9 Å². The molecule has 7 nitrogen and oxygen atoms in total. The summed E-state index contributed by atoms with van der Waals surface area (Å²) in [5.41, 5.74) is 0.818. The second-order valence-electron chi connectivity index (χ2n) is 9.50. The molecule has 0 bridgehead atoms. The number of piperidine rings is 1. The molecule has 2 fully saturated rings. The summed E-state index contributed by atoms with van der Waals surface area (Å²) in [5.74, 6) is 1.57. The van der Waals surface area contributed by atoms with Crippen LogP contribution in [0.3, 0.4) is 0 Å². The molecule has 3 heterocycles. The molecule has 0 radical (unpaired) electrons. The van der Waals surface area contributed by atoms with E-state index in [1.54, 1.807) is 0 Å². The number of urea groups is 1. The van der Waals surface area contributed by atoms with Crippen LogP contribution in [0.2, 0.25) is 0 Å². The third kappa shape index (κ3) is 5.14. The number of amides is 3. The number of nitrogens with zero attached hydrogens (tertiary/aromatic N) is 2. The first-order valence-corrected chi connectivity index (χ1v) is 11.6. The molecule has 0 aromatic heterocycles. The summed E-state index contributed by atoms with van der Waals surface area (Å²) >= 11 is 0. The number of nitrogens with one attached hydrogen (secondary N) is 1. The molecule has 1 aromatic rings. The van der Waals surface area contributed by atoms with Gasteiger partial charge in [0.1, 0.15) is 11.4 Å². The van der Waals surface area contributed by atoms with E-state index in [0.717, 1.165) is 30.6 Å². The first-order chi connectivity index (χ1) is 15.0. The van der Waals surface area contributed by atoms with Gasteiger partial charge in [0.05, 0.1) is 13.2 Å². The second kappa shape index (κ2) is 9.47. The van der Waals surface area contributed by atoms with Crippen molar-refractivity contribution in [2.45, 2.75) is 51.0 Å². The lowest BCUT2D eigenvalue weighted by molar-refractivity contribution is -0.122. The smallest absolute Gasteiger partial charge is 0.320 e. The van der Waals surface area contributed by atoms with Crippen LogP contribution in [0, 0.1) is 5.92 Å². The van der Waals surface area contributed by atoms with E-state index in [0.29, 0.717) is 58.3 Å². The zero-order valence-electron chi connectivity index (χ0n) is 18.8. The van der Waals surface area contributed by atoms with Gasteiger partial charge in [0, 0.05) is 57.9 Å². The lowest BCUT2D eigenvalue weighted by Gasteiger charge is -2.47. The fourth-order valence-electron chi connectivity index (χ4n) is 4.91. The van der Waals surface area contributed by atoms with Crippen molar-refractivity contribution in [3.63, 3.8) is 0 Å². The Bertz CT molecular complexity index is 783. The van der Waals surface area contributed by atoms with Gasteiger partial charge in [-0.2, -0.15) is 0 Å². The quantitative estimate of drug-likeness (QED) is 0.799. The first kappa shape index (κ1) is 21.9. The molecule has 3 aliphatic rings. The molecular weight excluding hydrogens is 394 g/mol. The Balaban J connectivity index is 1.42. The zero-order chi connectivity index (χ0) is 21.8. The van der Waals surface area contributed by atoms with Crippen LogP contribution in [0.1, 0.15) is 51.0 Å². The van der Waals surface area contributed by atoms with E-state index >= 15 is 0 Å². The monoisotopic (exact) mass is 429 g/mol. The number of para-hydroxylation sites is 1. The Labute approximate surface area is 185 Å². The number of likely N-dealkylation sites (tertiary alicyclic amines) is 1. The molecule has 4 rings (SSSR count). The van der Waals surface area contributed by atoms with Gasteiger partial charge in [0.15, 0.2) is 0 Å². The van der Waals surface area contributed by atoms with E-state index in [9.17, 15) is 9.59 Å². The Morgan fingerprint density at radius 2 is 1.77 bits per heavy atom. The molecule has 1 N–H and O–H groups in total. The van der Waals surface area contributed by atoms with Crippen molar-refractivity contribution in [3.05, 3.63) is 29.8 Å². The number of morpholine rings is 1. The van der Waals surface area contributed by atoms with E-state index in [1.165, 1.54) is 0 Å². The van der Waals surface area contributed by atoms with Gasteiger partial charge >= 0.3 is 6.03 Å². The molecule has 1 aromatic carbocycles. The second-order valence-corrected chi connectivity index (χ2v) is 9.50. The van der Waals surface area contributed by atoms with E-state index in [4.69, 9.17) is 9.47 Å². The van der Waals surface area contributed by atoms with Crippen LogP contribution in [0.5, 0.6) is 5.75 Å². The average Bonchev–Trinajstić information content (AvgIpc) is 2.78. The summed E-state index contributed by atoms with van der Waals surface area (Å²) in [6.07, 6.45) is 2.88. The van der Waals surface area contributed by atoms with Gasteiger partial charge in [0.2, 0.25) is 5.91 Å². The molecule has 170 valence electrons. The molecule has 1 spiro atoms. The molecular formula is C24H35N3O4.